The fraction of sp³-hybridized carbons (Fsp3) is 0.273. The van der Waals surface area contributed by atoms with E-state index in [-0.39, 0.29) is 0 Å². The van der Waals surface area contributed by atoms with Crippen LogP contribution in [-0.4, -0.2) is 19.2 Å². The summed E-state index contributed by atoms with van der Waals surface area (Å²) in [4.78, 5) is 4.36. The van der Waals surface area contributed by atoms with Crippen molar-refractivity contribution in [3.63, 3.8) is 0 Å². The van der Waals surface area contributed by atoms with Crippen LogP contribution < -0.4 is 0 Å². The second kappa shape index (κ2) is 2.75. The van der Waals surface area contributed by atoms with Gasteiger partial charge in [-0.2, -0.15) is 10.1 Å². The summed E-state index contributed by atoms with van der Waals surface area (Å²) in [7, 11) is 0. The lowest BCUT2D eigenvalue weighted by molar-refractivity contribution is 0.596. The Balaban J connectivity index is 1.79. The molecule has 3 heterocycles. The minimum Gasteiger partial charge on any atom is -0.432 e. The molecule has 0 saturated heterocycles. The van der Waals surface area contributed by atoms with Crippen molar-refractivity contribution in [3.05, 3.63) is 30.9 Å². The van der Waals surface area contributed by atoms with Crippen molar-refractivity contribution in [2.24, 2.45) is 0 Å². The van der Waals surface area contributed by atoms with Crippen LogP contribution >= 0.6 is 0 Å². The van der Waals surface area contributed by atoms with Crippen molar-refractivity contribution >= 4 is 5.84 Å². The maximum Gasteiger partial charge on any atom is 0.306 e. The number of hydrogen-bond donors (Lipinski definition) is 0. The average Bonchev–Trinajstić information content (AvgIpc) is 2.75. The molecule has 3 aromatic rings. The van der Waals surface area contributed by atoms with Crippen molar-refractivity contribution in [3.8, 4) is 11.4 Å². The molecule has 5 heteroatoms. The molecule has 16 heavy (non-hydrogen) atoms. The molecular formula is C11H10N4O. The van der Waals surface area contributed by atoms with Crippen LogP contribution in [0.1, 0.15) is 18.9 Å². The van der Waals surface area contributed by atoms with Gasteiger partial charge in [-0.15, -0.1) is 0 Å². The Morgan fingerprint density at radius 3 is 3.00 bits per heavy atom. The molecule has 5 nitrogen and oxygen atoms in total. The summed E-state index contributed by atoms with van der Waals surface area (Å²) in [6.45, 7) is 0. The van der Waals surface area contributed by atoms with Crippen molar-refractivity contribution in [1.29, 1.82) is 0 Å². The van der Waals surface area contributed by atoms with E-state index in [4.69, 9.17) is 4.42 Å². The highest BCUT2D eigenvalue weighted by atomic mass is 16.3. The lowest BCUT2D eigenvalue weighted by atomic mass is 10.3. The Morgan fingerprint density at radius 1 is 1.25 bits per heavy atom. The summed E-state index contributed by atoms with van der Waals surface area (Å²) in [6, 6.07) is 2.61. The van der Waals surface area contributed by atoms with E-state index in [0.717, 1.165) is 11.4 Å². The van der Waals surface area contributed by atoms with Crippen LogP contribution in [0.5, 0.6) is 0 Å². The minimum absolute atomic E-state index is 0.607. The second-order valence-corrected chi connectivity index (χ2v) is 4.13. The van der Waals surface area contributed by atoms with Crippen LogP contribution in [-0.2, 0) is 0 Å². The van der Waals surface area contributed by atoms with Gasteiger partial charge in [-0.25, -0.2) is 0 Å². The van der Waals surface area contributed by atoms with Crippen molar-refractivity contribution < 1.29 is 4.42 Å². The van der Waals surface area contributed by atoms with E-state index in [1.807, 2.05) is 33.7 Å². The number of fused-ring (bicyclic) bond motifs is 1. The largest absolute Gasteiger partial charge is 0.432 e. The Labute approximate surface area is 91.3 Å². The Bertz CT molecular complexity index is 615. The molecule has 80 valence electrons. The van der Waals surface area contributed by atoms with E-state index in [0.29, 0.717) is 11.9 Å². The first-order chi connectivity index (χ1) is 7.90. The van der Waals surface area contributed by atoms with Gasteiger partial charge in [-0.05, 0) is 18.9 Å². The summed E-state index contributed by atoms with van der Waals surface area (Å²) in [5.74, 6) is 0.607. The minimum atomic E-state index is 0.607. The Morgan fingerprint density at radius 2 is 2.19 bits per heavy atom. The van der Waals surface area contributed by atoms with E-state index in [2.05, 4.69) is 10.1 Å². The summed E-state index contributed by atoms with van der Waals surface area (Å²) >= 11 is 0. The molecule has 0 spiro atoms. The van der Waals surface area contributed by atoms with Crippen LogP contribution in [0.4, 0.5) is 0 Å². The molecule has 0 atom stereocenters. The predicted octanol–water partition coefficient (Wildman–Crippen LogP) is 2.13. The number of rotatable bonds is 2. The molecule has 1 aliphatic rings. The van der Waals surface area contributed by atoms with Crippen LogP contribution in [0.15, 0.2) is 35.3 Å². The summed E-state index contributed by atoms with van der Waals surface area (Å²) in [5.41, 5.74) is 1.77. The smallest absolute Gasteiger partial charge is 0.306 e. The molecule has 0 aromatic carbocycles. The first-order valence-corrected chi connectivity index (χ1v) is 5.38. The van der Waals surface area contributed by atoms with Gasteiger partial charge in [-0.3, -0.25) is 9.08 Å². The third-order valence-corrected chi connectivity index (χ3v) is 2.89. The molecule has 3 aromatic heterocycles. The van der Waals surface area contributed by atoms with Crippen LogP contribution in [0, 0.1) is 0 Å². The molecule has 0 unspecified atom stereocenters. The van der Waals surface area contributed by atoms with Crippen LogP contribution in [0.3, 0.4) is 0 Å². The van der Waals surface area contributed by atoms with Gasteiger partial charge in [-0.1, -0.05) is 0 Å². The molecule has 4 rings (SSSR count). The highest BCUT2D eigenvalue weighted by molar-refractivity contribution is 5.55. The van der Waals surface area contributed by atoms with E-state index in [1.165, 1.54) is 12.8 Å². The molecule has 0 N–H and O–H groups in total. The second-order valence-electron chi connectivity index (χ2n) is 4.13. The van der Waals surface area contributed by atoms with Crippen molar-refractivity contribution in [1.82, 2.24) is 19.2 Å². The zero-order valence-electron chi connectivity index (χ0n) is 8.58. The quantitative estimate of drug-likeness (QED) is 0.656. The number of imidazole rings is 1. The van der Waals surface area contributed by atoms with E-state index in [1.54, 1.807) is 6.26 Å². The van der Waals surface area contributed by atoms with E-state index >= 15 is 0 Å². The van der Waals surface area contributed by atoms with Gasteiger partial charge in [0.2, 0.25) is 0 Å². The third-order valence-electron chi connectivity index (χ3n) is 2.89. The summed E-state index contributed by atoms with van der Waals surface area (Å²) in [5, 5.41) is 4.52. The molecular weight excluding hydrogens is 204 g/mol. The van der Waals surface area contributed by atoms with Gasteiger partial charge in [0.05, 0.1) is 6.04 Å². The lowest BCUT2D eigenvalue weighted by Gasteiger charge is -1.93. The summed E-state index contributed by atoms with van der Waals surface area (Å²) < 4.78 is 9.08. The SMILES string of the molecule is c1cn2cc(-c3ccn(C4CC4)n3)nc2o1. The van der Waals surface area contributed by atoms with Crippen molar-refractivity contribution in [2.45, 2.75) is 18.9 Å². The number of hydrogen-bond acceptors (Lipinski definition) is 3. The fourth-order valence-corrected chi connectivity index (χ4v) is 1.87. The zero-order chi connectivity index (χ0) is 10.5. The van der Waals surface area contributed by atoms with Gasteiger partial charge in [0.1, 0.15) is 17.7 Å². The van der Waals surface area contributed by atoms with Gasteiger partial charge in [0.25, 0.3) is 0 Å². The van der Waals surface area contributed by atoms with E-state index in [9.17, 15) is 0 Å². The first kappa shape index (κ1) is 8.15. The Hall–Kier alpha value is -2.04. The third kappa shape index (κ3) is 1.11. The highest BCUT2D eigenvalue weighted by Gasteiger charge is 2.24. The predicted molar refractivity (Wildman–Crippen MR) is 57.0 cm³/mol. The fourth-order valence-electron chi connectivity index (χ4n) is 1.87. The molecule has 1 saturated carbocycles. The molecule has 1 fully saturated rings. The van der Waals surface area contributed by atoms with Crippen molar-refractivity contribution in [2.75, 3.05) is 0 Å². The average molecular weight is 214 g/mol. The van der Waals surface area contributed by atoms with Crippen LogP contribution in [0.2, 0.25) is 0 Å². The van der Waals surface area contributed by atoms with E-state index < -0.39 is 0 Å². The van der Waals surface area contributed by atoms with Gasteiger partial charge in [0, 0.05) is 18.6 Å². The molecule has 1 aliphatic carbocycles. The van der Waals surface area contributed by atoms with Gasteiger partial charge >= 0.3 is 5.84 Å². The zero-order valence-corrected chi connectivity index (χ0v) is 8.58. The Kier molecular flexibility index (Phi) is 1.40. The summed E-state index contributed by atoms with van der Waals surface area (Å²) in [6.07, 6.45) is 9.89. The van der Waals surface area contributed by atoms with Crippen LogP contribution in [0.25, 0.3) is 17.2 Å². The monoisotopic (exact) mass is 214 g/mol. The number of nitrogens with zero attached hydrogens (tertiary/aromatic N) is 4. The normalized spacial score (nSPS) is 16.0. The maximum atomic E-state index is 5.20. The molecule has 0 aliphatic heterocycles. The maximum absolute atomic E-state index is 5.20. The van der Waals surface area contributed by atoms with Gasteiger partial charge in [0.15, 0.2) is 0 Å². The number of oxazole rings is 1. The first-order valence-electron chi connectivity index (χ1n) is 5.38. The number of aromatic nitrogens is 4. The topological polar surface area (TPSA) is 48.3 Å². The standard InChI is InChI=1S/C11H10N4O/c1-2-8(1)15-4-3-9(13-15)10-7-14-5-6-16-11(14)12-10/h3-8H,1-2H2. The van der Waals surface area contributed by atoms with Gasteiger partial charge < -0.3 is 4.42 Å². The lowest BCUT2D eigenvalue weighted by Crippen LogP contribution is -1.93. The molecule has 0 bridgehead atoms. The molecule has 0 radical (unpaired) electrons. The highest BCUT2D eigenvalue weighted by Crippen LogP contribution is 2.34. The molecule has 0 amide bonds.